The maximum absolute atomic E-state index is 2.53. The van der Waals surface area contributed by atoms with Gasteiger partial charge in [0, 0.05) is 24.3 Å². The van der Waals surface area contributed by atoms with E-state index < -0.39 is 0 Å². The van der Waals surface area contributed by atoms with E-state index in [1.165, 1.54) is 54.6 Å². The molecule has 0 fully saturated rings. The molecule has 0 N–H and O–H groups in total. The van der Waals surface area contributed by atoms with Crippen LogP contribution in [0.2, 0.25) is 0 Å². The van der Waals surface area contributed by atoms with E-state index in [0.717, 1.165) is 6.54 Å². The molecule has 0 spiro atoms. The molecule has 20 heavy (non-hydrogen) atoms. The first-order chi connectivity index (χ1) is 9.86. The van der Waals surface area contributed by atoms with Crippen LogP contribution in [0.5, 0.6) is 0 Å². The third-order valence-electron chi connectivity index (χ3n) is 4.88. The molecular weight excluding hydrogens is 242 g/mol. The van der Waals surface area contributed by atoms with Crippen molar-refractivity contribution >= 4 is 5.69 Å². The van der Waals surface area contributed by atoms with Crippen LogP contribution in [0.4, 0.5) is 5.69 Å². The van der Waals surface area contributed by atoms with Crippen LogP contribution >= 0.6 is 0 Å². The maximum Gasteiger partial charge on any atom is 0.0479 e. The van der Waals surface area contributed by atoms with E-state index in [2.05, 4.69) is 48.2 Å². The number of nitrogens with zero attached hydrogens (tertiary/aromatic N) is 1. The van der Waals surface area contributed by atoms with Crippen LogP contribution in [-0.2, 0) is 19.3 Å². The Morgan fingerprint density at radius 2 is 1.85 bits per heavy atom. The highest BCUT2D eigenvalue weighted by Gasteiger charge is 2.22. The van der Waals surface area contributed by atoms with Crippen molar-refractivity contribution in [2.45, 2.75) is 32.6 Å². The molecule has 0 aromatic heterocycles. The summed E-state index contributed by atoms with van der Waals surface area (Å²) in [5, 5.41) is 0. The number of rotatable bonds is 2. The normalized spacial score (nSPS) is 16.4. The van der Waals surface area contributed by atoms with E-state index in [1.54, 1.807) is 11.1 Å². The van der Waals surface area contributed by atoms with E-state index in [4.69, 9.17) is 0 Å². The number of aryl methyl sites for hydroxylation is 2. The van der Waals surface area contributed by atoms with Crippen molar-refractivity contribution in [2.24, 2.45) is 0 Å². The van der Waals surface area contributed by atoms with Gasteiger partial charge in [0.05, 0.1) is 0 Å². The fourth-order valence-electron chi connectivity index (χ4n) is 3.82. The highest BCUT2D eigenvalue weighted by Crippen LogP contribution is 2.39. The lowest BCUT2D eigenvalue weighted by Crippen LogP contribution is -2.19. The highest BCUT2D eigenvalue weighted by molar-refractivity contribution is 5.83. The molecule has 1 nitrogen and oxygen atoms in total. The van der Waals surface area contributed by atoms with Crippen molar-refractivity contribution in [1.82, 2.24) is 0 Å². The van der Waals surface area contributed by atoms with Gasteiger partial charge in [-0.3, -0.25) is 0 Å². The molecule has 0 atom stereocenters. The highest BCUT2D eigenvalue weighted by atomic mass is 15.1. The van der Waals surface area contributed by atoms with E-state index in [-0.39, 0.29) is 0 Å². The number of hydrogen-bond donors (Lipinski definition) is 0. The molecule has 2 aromatic rings. The van der Waals surface area contributed by atoms with Crippen LogP contribution < -0.4 is 4.90 Å². The fourth-order valence-corrected chi connectivity index (χ4v) is 3.82. The second-order valence-electron chi connectivity index (χ2n) is 5.98. The lowest BCUT2D eigenvalue weighted by Gasteiger charge is -2.20. The molecule has 0 amide bonds. The van der Waals surface area contributed by atoms with E-state index >= 15 is 0 Å². The summed E-state index contributed by atoms with van der Waals surface area (Å²) in [4.78, 5) is 2.53. The Morgan fingerprint density at radius 1 is 0.950 bits per heavy atom. The first-order valence-corrected chi connectivity index (χ1v) is 7.86. The van der Waals surface area contributed by atoms with Gasteiger partial charge in [0.1, 0.15) is 0 Å². The predicted molar refractivity (Wildman–Crippen MR) is 85.5 cm³/mol. The minimum absolute atomic E-state index is 1.11. The van der Waals surface area contributed by atoms with Crippen LogP contribution in [0.25, 0.3) is 11.1 Å². The minimum Gasteiger partial charge on any atom is -0.371 e. The molecule has 0 bridgehead atoms. The molecule has 1 aliphatic heterocycles. The second-order valence-corrected chi connectivity index (χ2v) is 5.98. The zero-order valence-electron chi connectivity index (χ0n) is 12.2. The molecule has 0 saturated heterocycles. The summed E-state index contributed by atoms with van der Waals surface area (Å²) in [6, 6.07) is 13.9. The Hall–Kier alpha value is -1.76. The number of para-hydroxylation sites is 1. The zero-order chi connectivity index (χ0) is 13.5. The maximum atomic E-state index is 2.53. The molecule has 0 unspecified atom stereocenters. The van der Waals surface area contributed by atoms with Crippen molar-refractivity contribution in [3.8, 4) is 11.1 Å². The van der Waals surface area contributed by atoms with E-state index in [9.17, 15) is 0 Å². The lowest BCUT2D eigenvalue weighted by atomic mass is 9.97. The number of fused-ring (bicyclic) bond motifs is 2. The van der Waals surface area contributed by atoms with E-state index in [0.29, 0.717) is 0 Å². The molecule has 4 rings (SSSR count). The Labute approximate surface area is 121 Å². The summed E-state index contributed by atoms with van der Waals surface area (Å²) in [6.07, 6.45) is 5.05. The third-order valence-corrected chi connectivity index (χ3v) is 4.88. The van der Waals surface area contributed by atoms with Gasteiger partial charge >= 0.3 is 0 Å². The summed E-state index contributed by atoms with van der Waals surface area (Å²) < 4.78 is 0. The van der Waals surface area contributed by atoms with Crippen LogP contribution in [0, 0.1) is 0 Å². The van der Waals surface area contributed by atoms with Gasteiger partial charge in [0.2, 0.25) is 0 Å². The first kappa shape index (κ1) is 12.0. The molecule has 2 aliphatic rings. The van der Waals surface area contributed by atoms with E-state index in [1.807, 2.05) is 0 Å². The smallest absolute Gasteiger partial charge is 0.0479 e. The molecule has 1 heteroatoms. The topological polar surface area (TPSA) is 3.24 Å². The average Bonchev–Trinajstić information content (AvgIpc) is 3.12. The molecule has 1 aliphatic carbocycles. The largest absolute Gasteiger partial charge is 0.371 e. The summed E-state index contributed by atoms with van der Waals surface area (Å²) >= 11 is 0. The first-order valence-electron chi connectivity index (χ1n) is 7.86. The number of benzene rings is 2. The Bertz CT molecular complexity index is 657. The third kappa shape index (κ3) is 1.76. The number of hydrogen-bond acceptors (Lipinski definition) is 1. The summed E-state index contributed by atoms with van der Waals surface area (Å²) in [7, 11) is 0. The molecule has 2 aromatic carbocycles. The van der Waals surface area contributed by atoms with Crippen molar-refractivity contribution in [3.63, 3.8) is 0 Å². The van der Waals surface area contributed by atoms with Crippen LogP contribution in [0.1, 0.15) is 30.0 Å². The van der Waals surface area contributed by atoms with Crippen LogP contribution in [0.15, 0.2) is 36.4 Å². The Balaban J connectivity index is 1.85. The number of anilines is 1. The Morgan fingerprint density at radius 3 is 2.75 bits per heavy atom. The van der Waals surface area contributed by atoms with Gasteiger partial charge in [-0.05, 0) is 54.9 Å². The molecule has 0 radical (unpaired) electrons. The molecular formula is C19H21N. The SMILES string of the molecule is CCN1CCc2cccc(-c3ccc4c(c3)CCC4)c21. The van der Waals surface area contributed by atoms with Crippen LogP contribution in [0.3, 0.4) is 0 Å². The molecule has 1 heterocycles. The standard InChI is InChI=1S/C19H21N/c1-2-20-12-11-15-6-4-8-18(19(15)20)17-10-9-14-5-3-7-16(14)13-17/h4,6,8-10,13H,2-3,5,7,11-12H2,1H3. The molecule has 0 saturated carbocycles. The van der Waals surface area contributed by atoms with Gasteiger partial charge in [-0.25, -0.2) is 0 Å². The predicted octanol–water partition coefficient (Wildman–Crippen LogP) is 4.22. The van der Waals surface area contributed by atoms with Crippen molar-refractivity contribution in [3.05, 3.63) is 53.1 Å². The van der Waals surface area contributed by atoms with Gasteiger partial charge in [0.15, 0.2) is 0 Å². The van der Waals surface area contributed by atoms with Crippen molar-refractivity contribution in [2.75, 3.05) is 18.0 Å². The van der Waals surface area contributed by atoms with Gasteiger partial charge in [-0.1, -0.05) is 36.4 Å². The fraction of sp³-hybridized carbons (Fsp3) is 0.368. The number of likely N-dealkylation sites (N-methyl/N-ethyl adjacent to an activating group) is 1. The van der Waals surface area contributed by atoms with Crippen molar-refractivity contribution < 1.29 is 0 Å². The molecule has 102 valence electrons. The minimum atomic E-state index is 1.11. The zero-order valence-corrected chi connectivity index (χ0v) is 12.2. The summed E-state index contributed by atoms with van der Waals surface area (Å²) in [5.41, 5.74) is 8.96. The van der Waals surface area contributed by atoms with Gasteiger partial charge < -0.3 is 4.90 Å². The van der Waals surface area contributed by atoms with Crippen LogP contribution in [-0.4, -0.2) is 13.1 Å². The monoisotopic (exact) mass is 263 g/mol. The van der Waals surface area contributed by atoms with Crippen molar-refractivity contribution in [1.29, 1.82) is 0 Å². The average molecular weight is 263 g/mol. The summed E-state index contributed by atoms with van der Waals surface area (Å²) in [6.45, 7) is 4.54. The van der Waals surface area contributed by atoms with Gasteiger partial charge in [-0.15, -0.1) is 0 Å². The Kier molecular flexibility index (Phi) is 2.80. The second kappa shape index (κ2) is 4.66. The van der Waals surface area contributed by atoms with Gasteiger partial charge in [-0.2, -0.15) is 0 Å². The lowest BCUT2D eigenvalue weighted by molar-refractivity contribution is 0.869. The quantitative estimate of drug-likeness (QED) is 0.784. The summed E-state index contributed by atoms with van der Waals surface area (Å²) in [5.74, 6) is 0. The van der Waals surface area contributed by atoms with Gasteiger partial charge in [0.25, 0.3) is 0 Å².